The van der Waals surface area contributed by atoms with Gasteiger partial charge in [0.1, 0.15) is 0 Å². The molecule has 0 aliphatic carbocycles. The van der Waals surface area contributed by atoms with Crippen LogP contribution in [0.1, 0.15) is 19.5 Å². The van der Waals surface area contributed by atoms with E-state index >= 15 is 0 Å². The molecule has 0 amide bonds. The molecular weight excluding hydrogens is 264 g/mol. The summed E-state index contributed by atoms with van der Waals surface area (Å²) in [6.07, 6.45) is 2.71. The maximum atomic E-state index is 11.6. The van der Waals surface area contributed by atoms with Crippen molar-refractivity contribution in [1.82, 2.24) is 9.88 Å². The number of sulfone groups is 1. The summed E-state index contributed by atoms with van der Waals surface area (Å²) in [5, 5.41) is 0. The number of aliphatic imine (C=N–C) groups is 1. The molecule has 0 saturated carbocycles. The molecule has 7 heteroatoms. The van der Waals surface area contributed by atoms with Crippen LogP contribution in [-0.2, 0) is 16.4 Å². The number of hydrogen-bond acceptors (Lipinski definition) is 4. The summed E-state index contributed by atoms with van der Waals surface area (Å²) in [5.74, 6) is 0.398. The number of pyridine rings is 1. The van der Waals surface area contributed by atoms with Gasteiger partial charge in [0.2, 0.25) is 0 Å². The van der Waals surface area contributed by atoms with Crippen LogP contribution >= 0.6 is 0 Å². The largest absolute Gasteiger partial charge is 0.370 e. The molecule has 1 heterocycles. The van der Waals surface area contributed by atoms with Gasteiger partial charge in [-0.3, -0.25) is 4.98 Å². The monoisotopic (exact) mass is 284 g/mol. The molecule has 0 bridgehead atoms. The van der Waals surface area contributed by atoms with Gasteiger partial charge in [-0.05, 0) is 26.0 Å². The SMILES string of the molecule is CCN(CC)C(N)=NCc1ncccc1S(C)(=O)=O. The Morgan fingerprint density at radius 3 is 2.58 bits per heavy atom. The Balaban J connectivity index is 2.99. The van der Waals surface area contributed by atoms with Gasteiger partial charge in [0.05, 0.1) is 17.1 Å². The second-order valence-corrected chi connectivity index (χ2v) is 6.05. The summed E-state index contributed by atoms with van der Waals surface area (Å²) in [6, 6.07) is 3.12. The van der Waals surface area contributed by atoms with Gasteiger partial charge in [0.15, 0.2) is 15.8 Å². The van der Waals surface area contributed by atoms with Gasteiger partial charge in [0.25, 0.3) is 0 Å². The lowest BCUT2D eigenvalue weighted by Crippen LogP contribution is -2.37. The average molecular weight is 284 g/mol. The molecule has 1 rings (SSSR count). The lowest BCUT2D eigenvalue weighted by atomic mass is 10.3. The molecule has 0 fully saturated rings. The number of nitrogens with two attached hydrogens (primary N) is 1. The molecule has 0 unspecified atom stereocenters. The van der Waals surface area contributed by atoms with Gasteiger partial charge in [0, 0.05) is 25.5 Å². The van der Waals surface area contributed by atoms with Crippen LogP contribution in [0.25, 0.3) is 0 Å². The van der Waals surface area contributed by atoms with Crippen LogP contribution in [0, 0.1) is 0 Å². The summed E-state index contributed by atoms with van der Waals surface area (Å²) in [7, 11) is -3.30. The van der Waals surface area contributed by atoms with Crippen molar-refractivity contribution in [2.45, 2.75) is 25.3 Å². The van der Waals surface area contributed by atoms with Crippen molar-refractivity contribution in [3.05, 3.63) is 24.0 Å². The fourth-order valence-corrected chi connectivity index (χ4v) is 2.55. The van der Waals surface area contributed by atoms with Crippen molar-refractivity contribution in [3.8, 4) is 0 Å². The number of guanidine groups is 1. The molecule has 2 N–H and O–H groups in total. The molecule has 106 valence electrons. The first-order chi connectivity index (χ1) is 8.90. The first kappa shape index (κ1) is 15.4. The summed E-state index contributed by atoms with van der Waals surface area (Å²) in [4.78, 5) is 10.4. The number of rotatable bonds is 5. The predicted octanol–water partition coefficient (Wildman–Crippen LogP) is 0.642. The minimum atomic E-state index is -3.30. The van der Waals surface area contributed by atoms with Crippen LogP contribution in [0.15, 0.2) is 28.2 Å². The van der Waals surface area contributed by atoms with Gasteiger partial charge in [-0.25, -0.2) is 13.4 Å². The first-order valence-electron chi connectivity index (χ1n) is 6.09. The molecule has 0 saturated heterocycles. The lowest BCUT2D eigenvalue weighted by molar-refractivity contribution is 0.458. The van der Waals surface area contributed by atoms with E-state index < -0.39 is 9.84 Å². The maximum absolute atomic E-state index is 11.6. The van der Waals surface area contributed by atoms with E-state index in [1.54, 1.807) is 12.3 Å². The highest BCUT2D eigenvalue weighted by atomic mass is 32.2. The zero-order valence-electron chi connectivity index (χ0n) is 11.5. The molecule has 0 radical (unpaired) electrons. The van der Waals surface area contributed by atoms with Crippen LogP contribution in [0.4, 0.5) is 0 Å². The Morgan fingerprint density at radius 2 is 2.05 bits per heavy atom. The molecule has 0 aliphatic heterocycles. The van der Waals surface area contributed by atoms with Gasteiger partial charge in [-0.15, -0.1) is 0 Å². The van der Waals surface area contributed by atoms with Crippen molar-refractivity contribution < 1.29 is 8.42 Å². The molecule has 1 aromatic heterocycles. The van der Waals surface area contributed by atoms with E-state index in [1.807, 2.05) is 18.7 Å². The van der Waals surface area contributed by atoms with E-state index in [0.717, 1.165) is 19.3 Å². The molecule has 0 spiro atoms. The summed E-state index contributed by atoms with van der Waals surface area (Å²) >= 11 is 0. The van der Waals surface area contributed by atoms with E-state index in [1.165, 1.54) is 6.07 Å². The zero-order valence-corrected chi connectivity index (χ0v) is 12.3. The van der Waals surface area contributed by atoms with Crippen molar-refractivity contribution >= 4 is 15.8 Å². The second kappa shape index (κ2) is 6.51. The Morgan fingerprint density at radius 1 is 1.42 bits per heavy atom. The third kappa shape index (κ3) is 4.20. The van der Waals surface area contributed by atoms with Crippen molar-refractivity contribution in [1.29, 1.82) is 0 Å². The van der Waals surface area contributed by atoms with Gasteiger partial charge in [-0.1, -0.05) is 0 Å². The van der Waals surface area contributed by atoms with E-state index in [-0.39, 0.29) is 11.4 Å². The van der Waals surface area contributed by atoms with Crippen molar-refractivity contribution in [2.75, 3.05) is 19.3 Å². The Labute approximate surface area is 114 Å². The van der Waals surface area contributed by atoms with Gasteiger partial charge in [-0.2, -0.15) is 0 Å². The van der Waals surface area contributed by atoms with Crippen LogP contribution in [0.2, 0.25) is 0 Å². The number of aromatic nitrogens is 1. The number of nitrogens with zero attached hydrogens (tertiary/aromatic N) is 3. The fraction of sp³-hybridized carbons (Fsp3) is 0.500. The van der Waals surface area contributed by atoms with Crippen LogP contribution < -0.4 is 5.73 Å². The van der Waals surface area contributed by atoms with E-state index in [2.05, 4.69) is 9.98 Å². The third-order valence-corrected chi connectivity index (χ3v) is 3.90. The second-order valence-electron chi connectivity index (χ2n) is 4.07. The highest BCUT2D eigenvalue weighted by Crippen LogP contribution is 2.13. The Kier molecular flexibility index (Phi) is 5.29. The standard InChI is InChI=1S/C12H20N4O2S/c1-4-16(5-2)12(13)15-9-10-11(19(3,17)18)7-6-8-14-10/h6-8H,4-5,9H2,1-3H3,(H2,13,15). The summed E-state index contributed by atoms with van der Waals surface area (Å²) in [6.45, 7) is 5.63. The van der Waals surface area contributed by atoms with E-state index in [0.29, 0.717) is 11.7 Å². The minimum absolute atomic E-state index is 0.158. The zero-order chi connectivity index (χ0) is 14.5. The molecular formula is C12H20N4O2S. The quantitative estimate of drug-likeness (QED) is 0.633. The Hall–Kier alpha value is -1.63. The molecule has 0 atom stereocenters. The van der Waals surface area contributed by atoms with Crippen molar-refractivity contribution in [3.63, 3.8) is 0 Å². The predicted molar refractivity (Wildman–Crippen MR) is 75.6 cm³/mol. The van der Waals surface area contributed by atoms with Gasteiger partial charge >= 0.3 is 0 Å². The van der Waals surface area contributed by atoms with E-state index in [4.69, 9.17) is 5.73 Å². The smallest absolute Gasteiger partial charge is 0.191 e. The molecule has 0 aromatic carbocycles. The minimum Gasteiger partial charge on any atom is -0.370 e. The fourth-order valence-electron chi connectivity index (χ4n) is 1.68. The first-order valence-corrected chi connectivity index (χ1v) is 7.98. The summed E-state index contributed by atoms with van der Waals surface area (Å²) < 4.78 is 23.2. The molecule has 0 aliphatic rings. The lowest BCUT2D eigenvalue weighted by Gasteiger charge is -2.19. The average Bonchev–Trinajstić information content (AvgIpc) is 2.37. The van der Waals surface area contributed by atoms with Crippen LogP contribution in [0.3, 0.4) is 0 Å². The van der Waals surface area contributed by atoms with Crippen LogP contribution in [-0.4, -0.2) is 43.6 Å². The maximum Gasteiger partial charge on any atom is 0.191 e. The Bertz CT molecular complexity index is 551. The summed E-state index contributed by atoms with van der Waals surface area (Å²) in [5.41, 5.74) is 6.26. The topological polar surface area (TPSA) is 88.7 Å². The highest BCUT2D eigenvalue weighted by molar-refractivity contribution is 7.90. The highest BCUT2D eigenvalue weighted by Gasteiger charge is 2.13. The molecule has 6 nitrogen and oxygen atoms in total. The third-order valence-electron chi connectivity index (χ3n) is 2.73. The van der Waals surface area contributed by atoms with Gasteiger partial charge < -0.3 is 10.6 Å². The normalized spacial score (nSPS) is 12.5. The molecule has 1 aromatic rings. The number of hydrogen-bond donors (Lipinski definition) is 1. The van der Waals surface area contributed by atoms with E-state index in [9.17, 15) is 8.42 Å². The molecule has 19 heavy (non-hydrogen) atoms. The van der Waals surface area contributed by atoms with Crippen molar-refractivity contribution in [2.24, 2.45) is 10.7 Å². The van der Waals surface area contributed by atoms with Crippen LogP contribution in [0.5, 0.6) is 0 Å².